The Kier molecular flexibility index (Phi) is 6.30. The topological polar surface area (TPSA) is 39.4 Å². The van der Waals surface area contributed by atoms with Gasteiger partial charge in [0.1, 0.15) is 16.4 Å². The molecule has 0 atom stereocenters. The van der Waals surface area contributed by atoms with Gasteiger partial charge in [0.15, 0.2) is 0 Å². The van der Waals surface area contributed by atoms with Crippen molar-refractivity contribution in [2.45, 2.75) is 34.1 Å². The van der Waals surface area contributed by atoms with Gasteiger partial charge >= 0.3 is 5.63 Å². The Bertz CT molecular complexity index is 742. The van der Waals surface area contributed by atoms with E-state index >= 15 is 0 Å². The minimum atomic E-state index is -0.514. The van der Waals surface area contributed by atoms with E-state index in [0.29, 0.717) is 12.2 Å². The van der Waals surface area contributed by atoms with Gasteiger partial charge in [-0.25, -0.2) is 4.79 Å². The van der Waals surface area contributed by atoms with Gasteiger partial charge in [-0.2, -0.15) is 0 Å². The third-order valence-electron chi connectivity index (χ3n) is 5.11. The second-order valence-corrected chi connectivity index (χ2v) is 6.61. The highest BCUT2D eigenvalue weighted by Gasteiger charge is 2.20. The molecule has 1 aromatic heterocycles. The highest BCUT2D eigenvalue weighted by molar-refractivity contribution is 6.30. The molecule has 0 aliphatic heterocycles. The molecule has 0 unspecified atom stereocenters. The van der Waals surface area contributed by atoms with Crippen LogP contribution < -0.4 is 10.4 Å². The van der Waals surface area contributed by atoms with Crippen molar-refractivity contribution in [1.29, 1.82) is 0 Å². The van der Waals surface area contributed by atoms with Gasteiger partial charge in [-0.1, -0.05) is 11.6 Å². The molecule has 0 fully saturated rings. The van der Waals surface area contributed by atoms with E-state index in [-0.39, 0.29) is 5.02 Å². The van der Waals surface area contributed by atoms with Crippen molar-refractivity contribution in [2.24, 2.45) is 0 Å². The zero-order valence-corrected chi connectivity index (χ0v) is 15.8. The van der Waals surface area contributed by atoms with Crippen LogP contribution in [0, 0.1) is 6.92 Å². The van der Waals surface area contributed by atoms with Crippen LogP contribution in [-0.2, 0) is 0 Å². The SMILES string of the molecule is CC[N+](CC)(CC)CCCOc1ccc2cc(Cl)c(=O)oc2c1C. The summed E-state index contributed by atoms with van der Waals surface area (Å²) in [7, 11) is 0. The smallest absolute Gasteiger partial charge is 0.355 e. The molecule has 24 heavy (non-hydrogen) atoms. The van der Waals surface area contributed by atoms with Crippen molar-refractivity contribution >= 4 is 22.6 Å². The zero-order chi connectivity index (χ0) is 17.7. The lowest BCUT2D eigenvalue weighted by Gasteiger charge is -2.35. The van der Waals surface area contributed by atoms with Crippen molar-refractivity contribution in [2.75, 3.05) is 32.8 Å². The highest BCUT2D eigenvalue weighted by atomic mass is 35.5. The van der Waals surface area contributed by atoms with Gasteiger partial charge < -0.3 is 13.6 Å². The summed E-state index contributed by atoms with van der Waals surface area (Å²) >= 11 is 5.83. The van der Waals surface area contributed by atoms with Gasteiger partial charge in [0.2, 0.25) is 0 Å². The van der Waals surface area contributed by atoms with Crippen molar-refractivity contribution in [3.63, 3.8) is 0 Å². The van der Waals surface area contributed by atoms with Gasteiger partial charge in [-0.05, 0) is 45.9 Å². The number of fused-ring (bicyclic) bond motifs is 1. The molecule has 5 heteroatoms. The summed E-state index contributed by atoms with van der Waals surface area (Å²) in [6.45, 7) is 13.8. The molecule has 0 amide bonds. The first-order valence-corrected chi connectivity index (χ1v) is 9.05. The van der Waals surface area contributed by atoms with Crippen molar-refractivity contribution in [1.82, 2.24) is 0 Å². The van der Waals surface area contributed by atoms with Gasteiger partial charge in [-0.15, -0.1) is 0 Å². The molecule has 0 saturated heterocycles. The maximum atomic E-state index is 11.6. The minimum absolute atomic E-state index is 0.100. The summed E-state index contributed by atoms with van der Waals surface area (Å²) in [5.74, 6) is 0.760. The van der Waals surface area contributed by atoms with Crippen molar-refractivity contribution < 1.29 is 13.6 Å². The number of aryl methyl sites for hydroxylation is 1. The molecule has 0 aliphatic rings. The Labute approximate surface area is 148 Å². The largest absolute Gasteiger partial charge is 0.493 e. The first-order valence-electron chi connectivity index (χ1n) is 8.67. The summed E-state index contributed by atoms with van der Waals surface area (Å²) in [5.41, 5.74) is 0.867. The predicted octanol–water partition coefficient (Wildman–Crippen LogP) is 4.40. The number of ether oxygens (including phenoxy) is 1. The number of rotatable bonds is 8. The van der Waals surface area contributed by atoms with Crippen LogP contribution >= 0.6 is 11.6 Å². The van der Waals surface area contributed by atoms with Crippen LogP contribution in [0.4, 0.5) is 0 Å². The average molecular weight is 353 g/mol. The Morgan fingerprint density at radius 1 is 1.17 bits per heavy atom. The lowest BCUT2D eigenvalue weighted by Crippen LogP contribution is -2.48. The maximum Gasteiger partial charge on any atom is 0.355 e. The van der Waals surface area contributed by atoms with Gasteiger partial charge in [-0.3, -0.25) is 0 Å². The molecule has 0 bridgehead atoms. The summed E-state index contributed by atoms with van der Waals surface area (Å²) in [6, 6.07) is 5.42. The maximum absolute atomic E-state index is 11.6. The van der Waals surface area contributed by atoms with Crippen LogP contribution in [0.15, 0.2) is 27.4 Å². The average Bonchev–Trinajstić information content (AvgIpc) is 2.59. The molecule has 1 aromatic carbocycles. The predicted molar refractivity (Wildman–Crippen MR) is 99.1 cm³/mol. The van der Waals surface area contributed by atoms with Gasteiger partial charge in [0.05, 0.1) is 32.8 Å². The quantitative estimate of drug-likeness (QED) is 0.401. The number of benzene rings is 1. The third-order valence-corrected chi connectivity index (χ3v) is 5.37. The number of nitrogens with zero attached hydrogens (tertiary/aromatic N) is 1. The van der Waals surface area contributed by atoms with Gasteiger partial charge in [0, 0.05) is 17.4 Å². The summed E-state index contributed by atoms with van der Waals surface area (Å²) in [4.78, 5) is 11.6. The van der Waals surface area contributed by atoms with E-state index in [1.54, 1.807) is 6.07 Å². The first-order chi connectivity index (χ1) is 11.5. The molecule has 2 rings (SSSR count). The van der Waals surface area contributed by atoms with E-state index in [4.69, 9.17) is 20.8 Å². The number of quaternary nitrogens is 1. The number of hydrogen-bond donors (Lipinski definition) is 0. The van der Waals surface area contributed by atoms with Crippen molar-refractivity contribution in [3.05, 3.63) is 39.2 Å². The molecule has 2 aromatic rings. The highest BCUT2D eigenvalue weighted by Crippen LogP contribution is 2.27. The lowest BCUT2D eigenvalue weighted by molar-refractivity contribution is -0.923. The standard InChI is InChI=1S/C19H27ClNO3/c1-5-21(6-2,7-3)11-8-12-23-17-10-9-15-13-16(20)19(22)24-18(15)14(17)4/h9-10,13H,5-8,11-12H2,1-4H3/q+1. The Hall–Kier alpha value is -1.52. The number of halogens is 1. The molecular weight excluding hydrogens is 326 g/mol. The molecular formula is C19H27ClNO3+. The molecule has 0 spiro atoms. The molecule has 0 N–H and O–H groups in total. The molecule has 132 valence electrons. The molecule has 0 aliphatic carbocycles. The van der Waals surface area contributed by atoms with E-state index in [1.165, 1.54) is 0 Å². The first kappa shape index (κ1) is 18.8. The normalized spacial score (nSPS) is 11.9. The van der Waals surface area contributed by atoms with Crippen LogP contribution in [0.2, 0.25) is 5.02 Å². The van der Waals surface area contributed by atoms with E-state index < -0.39 is 5.63 Å². The Balaban J connectivity index is 2.07. The minimum Gasteiger partial charge on any atom is -0.493 e. The third kappa shape index (κ3) is 3.93. The van der Waals surface area contributed by atoms with E-state index in [9.17, 15) is 4.79 Å². The van der Waals surface area contributed by atoms with E-state index in [1.807, 2.05) is 19.1 Å². The van der Waals surface area contributed by atoms with Crippen LogP contribution in [0.3, 0.4) is 0 Å². The molecule has 0 saturated carbocycles. The molecule has 4 nitrogen and oxygen atoms in total. The summed E-state index contributed by atoms with van der Waals surface area (Å²) in [5, 5.41) is 0.909. The fourth-order valence-electron chi connectivity index (χ4n) is 3.16. The Morgan fingerprint density at radius 2 is 1.83 bits per heavy atom. The Morgan fingerprint density at radius 3 is 2.46 bits per heavy atom. The van der Waals surface area contributed by atoms with Crippen LogP contribution in [0.5, 0.6) is 5.75 Å². The van der Waals surface area contributed by atoms with Crippen LogP contribution in [0.25, 0.3) is 11.0 Å². The van der Waals surface area contributed by atoms with E-state index in [2.05, 4.69) is 20.8 Å². The fraction of sp³-hybridized carbons (Fsp3) is 0.526. The van der Waals surface area contributed by atoms with E-state index in [0.717, 1.165) is 53.8 Å². The number of hydrogen-bond acceptors (Lipinski definition) is 3. The zero-order valence-electron chi connectivity index (χ0n) is 15.0. The fourth-order valence-corrected chi connectivity index (χ4v) is 3.32. The van der Waals surface area contributed by atoms with Gasteiger partial charge in [0.25, 0.3) is 0 Å². The lowest BCUT2D eigenvalue weighted by atomic mass is 10.1. The second-order valence-electron chi connectivity index (χ2n) is 6.20. The molecule has 0 radical (unpaired) electrons. The second kappa shape index (κ2) is 8.04. The summed E-state index contributed by atoms with van der Waals surface area (Å²) in [6.07, 6.45) is 0.998. The van der Waals surface area contributed by atoms with Crippen LogP contribution in [0.1, 0.15) is 32.8 Å². The summed E-state index contributed by atoms with van der Waals surface area (Å²) < 4.78 is 12.4. The van der Waals surface area contributed by atoms with Crippen molar-refractivity contribution in [3.8, 4) is 5.75 Å². The monoisotopic (exact) mass is 352 g/mol. The van der Waals surface area contributed by atoms with Crippen LogP contribution in [-0.4, -0.2) is 37.3 Å². The molecule has 1 heterocycles.